The van der Waals surface area contributed by atoms with Gasteiger partial charge in [-0.3, -0.25) is 10.1 Å². The largest absolute Gasteiger partial charge is 0.465 e. The molecule has 0 saturated heterocycles. The summed E-state index contributed by atoms with van der Waals surface area (Å²) in [5.74, 6) is 0.00447. The molecule has 0 aromatic heterocycles. The molecule has 7 heteroatoms. The Morgan fingerprint density at radius 1 is 1.30 bits per heavy atom. The number of carbonyl (C=O) groups excluding carboxylic acids is 1. The van der Waals surface area contributed by atoms with Crippen molar-refractivity contribution in [1.29, 1.82) is 0 Å². The Bertz CT molecular complexity index is 560. The Kier molecular flexibility index (Phi) is 8.37. The average molecular weight is 361 g/mol. The number of ether oxygens (including phenoxy) is 1. The van der Waals surface area contributed by atoms with Crippen molar-refractivity contribution < 1.29 is 14.4 Å². The minimum atomic E-state index is -0.330. The molecule has 0 bridgehead atoms. The number of aliphatic imine (C=N–C) groups is 1. The van der Waals surface area contributed by atoms with Crippen LogP contribution in [-0.4, -0.2) is 45.7 Å². The van der Waals surface area contributed by atoms with E-state index in [0.29, 0.717) is 34.7 Å². The number of likely N-dealkylation sites (N-methyl/N-ethyl adjacent to an activating group) is 1. The molecule has 1 aromatic rings. The molecule has 1 amide bonds. The number of amides is 1. The van der Waals surface area contributed by atoms with Crippen LogP contribution in [0.2, 0.25) is 10.0 Å². The summed E-state index contributed by atoms with van der Waals surface area (Å²) in [6.07, 6.45) is 0. The summed E-state index contributed by atoms with van der Waals surface area (Å²) < 4.78 is 5.58. The highest BCUT2D eigenvalue weighted by Crippen LogP contribution is 2.22. The van der Waals surface area contributed by atoms with E-state index in [2.05, 4.69) is 10.3 Å². The first-order valence-corrected chi connectivity index (χ1v) is 8.28. The lowest BCUT2D eigenvalue weighted by Crippen LogP contribution is -3.06. The number of benzene rings is 1. The highest BCUT2D eigenvalue weighted by molar-refractivity contribution is 6.42. The van der Waals surface area contributed by atoms with Crippen molar-refractivity contribution in [2.75, 3.05) is 33.8 Å². The predicted octanol–water partition coefficient (Wildman–Crippen LogP) is 1.90. The molecule has 0 aliphatic heterocycles. The van der Waals surface area contributed by atoms with E-state index in [1.807, 2.05) is 27.9 Å². The molecule has 0 radical (unpaired) electrons. The van der Waals surface area contributed by atoms with Crippen LogP contribution in [0.15, 0.2) is 23.2 Å². The lowest BCUT2D eigenvalue weighted by Gasteiger charge is -2.13. The molecule has 0 unspecified atom stereocenters. The Balaban J connectivity index is 2.77. The van der Waals surface area contributed by atoms with Gasteiger partial charge in [0.15, 0.2) is 0 Å². The molecule has 0 aliphatic rings. The fraction of sp³-hybridized carbons (Fsp3) is 0.500. The summed E-state index contributed by atoms with van der Waals surface area (Å²) in [7, 11) is 4.08. The first-order valence-electron chi connectivity index (χ1n) is 7.52. The van der Waals surface area contributed by atoms with Crippen LogP contribution in [0.1, 0.15) is 24.2 Å². The molecule has 128 valence electrons. The number of hydrogen-bond donors (Lipinski definition) is 2. The summed E-state index contributed by atoms with van der Waals surface area (Å²) in [4.78, 5) is 17.9. The van der Waals surface area contributed by atoms with Crippen molar-refractivity contribution in [2.45, 2.75) is 13.8 Å². The lowest BCUT2D eigenvalue weighted by molar-refractivity contribution is -0.856. The Labute approximate surface area is 147 Å². The number of carbonyl (C=O) groups is 1. The van der Waals surface area contributed by atoms with E-state index in [0.717, 1.165) is 6.54 Å². The minimum absolute atomic E-state index is 0.232. The molecule has 0 heterocycles. The van der Waals surface area contributed by atoms with Crippen LogP contribution in [0.4, 0.5) is 0 Å². The van der Waals surface area contributed by atoms with Gasteiger partial charge in [-0.05, 0) is 24.1 Å². The van der Waals surface area contributed by atoms with Crippen molar-refractivity contribution in [3.8, 4) is 0 Å². The SMILES string of the molecule is CC(C)COC(=NCC[NH+](C)C)NC(=O)c1ccc(Cl)c(Cl)c1. The molecule has 0 aliphatic carbocycles. The van der Waals surface area contributed by atoms with Gasteiger partial charge < -0.3 is 9.64 Å². The first-order chi connectivity index (χ1) is 10.8. The fourth-order valence-corrected chi connectivity index (χ4v) is 1.85. The van der Waals surface area contributed by atoms with Crippen LogP contribution in [0, 0.1) is 5.92 Å². The van der Waals surface area contributed by atoms with Crippen molar-refractivity contribution in [1.82, 2.24) is 5.32 Å². The summed E-state index contributed by atoms with van der Waals surface area (Å²) in [6.45, 7) is 5.95. The second-order valence-corrected chi connectivity index (χ2v) is 6.75. The molecular formula is C16H24Cl2N3O2+. The van der Waals surface area contributed by atoms with Crippen molar-refractivity contribution in [2.24, 2.45) is 10.9 Å². The van der Waals surface area contributed by atoms with Gasteiger partial charge in [-0.2, -0.15) is 0 Å². The third kappa shape index (κ3) is 7.68. The fourth-order valence-electron chi connectivity index (χ4n) is 1.55. The molecule has 0 spiro atoms. The maximum atomic E-state index is 12.3. The molecular weight excluding hydrogens is 337 g/mol. The molecule has 1 aromatic carbocycles. The van der Waals surface area contributed by atoms with E-state index in [9.17, 15) is 4.79 Å². The van der Waals surface area contributed by atoms with Gasteiger partial charge in [-0.15, -0.1) is 0 Å². The summed E-state index contributed by atoms with van der Waals surface area (Å²) in [5.41, 5.74) is 0.401. The van der Waals surface area contributed by atoms with Crippen LogP contribution in [0.3, 0.4) is 0 Å². The van der Waals surface area contributed by atoms with Gasteiger partial charge in [-0.1, -0.05) is 37.0 Å². The third-order valence-corrected chi connectivity index (χ3v) is 3.56. The zero-order valence-corrected chi connectivity index (χ0v) is 15.5. The molecule has 0 fully saturated rings. The number of rotatable bonds is 6. The predicted molar refractivity (Wildman–Crippen MR) is 94.7 cm³/mol. The zero-order valence-electron chi connectivity index (χ0n) is 14.0. The number of amidine groups is 1. The average Bonchev–Trinajstić information content (AvgIpc) is 2.46. The topological polar surface area (TPSA) is 55.1 Å². The highest BCUT2D eigenvalue weighted by atomic mass is 35.5. The summed E-state index contributed by atoms with van der Waals surface area (Å²) in [6, 6.07) is 4.94. The van der Waals surface area contributed by atoms with Gasteiger partial charge in [0.05, 0.1) is 43.8 Å². The van der Waals surface area contributed by atoms with Crippen molar-refractivity contribution in [3.63, 3.8) is 0 Å². The van der Waals surface area contributed by atoms with Gasteiger partial charge >= 0.3 is 0 Å². The lowest BCUT2D eigenvalue weighted by atomic mass is 10.2. The Hall–Kier alpha value is -1.30. The van der Waals surface area contributed by atoms with E-state index in [-0.39, 0.29) is 11.9 Å². The van der Waals surface area contributed by atoms with Crippen LogP contribution in [0.5, 0.6) is 0 Å². The summed E-state index contributed by atoms with van der Waals surface area (Å²) in [5, 5.41) is 3.42. The molecule has 5 nitrogen and oxygen atoms in total. The highest BCUT2D eigenvalue weighted by Gasteiger charge is 2.12. The monoisotopic (exact) mass is 360 g/mol. The second-order valence-electron chi connectivity index (χ2n) is 5.93. The number of nitrogens with zero attached hydrogens (tertiary/aromatic N) is 1. The number of quaternary nitrogens is 1. The molecule has 23 heavy (non-hydrogen) atoms. The van der Waals surface area contributed by atoms with Crippen LogP contribution < -0.4 is 10.2 Å². The Morgan fingerprint density at radius 3 is 2.57 bits per heavy atom. The standard InChI is InChI=1S/C16H23Cl2N3O2/c1-11(2)10-23-16(19-7-8-21(3)4)20-15(22)12-5-6-13(17)14(18)9-12/h5-6,9,11H,7-8,10H2,1-4H3,(H,19,20,22)/p+1. The van der Waals surface area contributed by atoms with Crippen molar-refractivity contribution in [3.05, 3.63) is 33.8 Å². The maximum Gasteiger partial charge on any atom is 0.291 e. The number of hydrogen-bond acceptors (Lipinski definition) is 3. The quantitative estimate of drug-likeness (QED) is 0.601. The first kappa shape index (κ1) is 19.7. The van der Waals surface area contributed by atoms with Gasteiger partial charge in [0.1, 0.15) is 0 Å². The van der Waals surface area contributed by atoms with Gasteiger partial charge in [0.25, 0.3) is 11.9 Å². The molecule has 1 rings (SSSR count). The molecule has 0 saturated carbocycles. The van der Waals surface area contributed by atoms with Crippen LogP contribution in [0.25, 0.3) is 0 Å². The van der Waals surface area contributed by atoms with E-state index in [1.165, 1.54) is 11.0 Å². The molecule has 2 N–H and O–H groups in total. The number of halogens is 2. The van der Waals surface area contributed by atoms with Crippen molar-refractivity contribution >= 4 is 35.1 Å². The number of nitrogens with one attached hydrogen (secondary N) is 2. The van der Waals surface area contributed by atoms with E-state index in [1.54, 1.807) is 12.1 Å². The third-order valence-electron chi connectivity index (χ3n) is 2.82. The van der Waals surface area contributed by atoms with Crippen LogP contribution in [-0.2, 0) is 4.74 Å². The van der Waals surface area contributed by atoms with E-state index >= 15 is 0 Å². The van der Waals surface area contributed by atoms with Gasteiger partial charge in [0, 0.05) is 5.56 Å². The van der Waals surface area contributed by atoms with Gasteiger partial charge in [-0.25, -0.2) is 4.99 Å². The maximum absolute atomic E-state index is 12.3. The molecule has 0 atom stereocenters. The second kappa shape index (κ2) is 9.75. The van der Waals surface area contributed by atoms with Crippen LogP contribution >= 0.6 is 23.2 Å². The summed E-state index contributed by atoms with van der Waals surface area (Å²) >= 11 is 11.8. The Morgan fingerprint density at radius 2 is 2.00 bits per heavy atom. The normalized spacial score (nSPS) is 11.9. The van der Waals surface area contributed by atoms with Gasteiger partial charge in [0.2, 0.25) is 0 Å². The minimum Gasteiger partial charge on any atom is -0.465 e. The van der Waals surface area contributed by atoms with E-state index < -0.39 is 0 Å². The van der Waals surface area contributed by atoms with E-state index in [4.69, 9.17) is 27.9 Å². The smallest absolute Gasteiger partial charge is 0.291 e. The zero-order chi connectivity index (χ0) is 17.4.